The summed E-state index contributed by atoms with van der Waals surface area (Å²) in [6.07, 6.45) is 0.0861. The highest BCUT2D eigenvalue weighted by Crippen LogP contribution is 2.42. The maximum atomic E-state index is 5.79. The number of nitrogen functional groups attached to an aromatic ring is 1. The Kier molecular flexibility index (Phi) is 4.46. The summed E-state index contributed by atoms with van der Waals surface area (Å²) in [6.45, 7) is 5.92. The lowest BCUT2D eigenvalue weighted by Gasteiger charge is -2.16. The normalized spacial score (nSPS) is 10.7. The number of para-hydroxylation sites is 1. The van der Waals surface area contributed by atoms with Gasteiger partial charge in [-0.2, -0.15) is 0 Å². The average molecular weight is 293 g/mol. The zero-order valence-corrected chi connectivity index (χ0v) is 12.9. The minimum absolute atomic E-state index is 0.0861. The second kappa shape index (κ2) is 6.11. The first-order valence-electron chi connectivity index (χ1n) is 6.35. The number of aromatic nitrogens is 1. The number of thiazole rings is 1. The molecule has 0 aliphatic heterocycles. The molecule has 20 heavy (non-hydrogen) atoms. The van der Waals surface area contributed by atoms with Crippen LogP contribution in [0.2, 0.25) is 0 Å². The molecule has 0 saturated carbocycles. The Morgan fingerprint density at radius 3 is 2.65 bits per heavy atom. The van der Waals surface area contributed by atoms with Crippen molar-refractivity contribution in [2.24, 2.45) is 5.84 Å². The molecule has 0 bridgehead atoms. The van der Waals surface area contributed by atoms with E-state index in [2.05, 4.69) is 10.4 Å². The lowest BCUT2D eigenvalue weighted by Crippen LogP contribution is -2.07. The molecule has 1 heterocycles. The van der Waals surface area contributed by atoms with E-state index < -0.39 is 0 Å². The summed E-state index contributed by atoms with van der Waals surface area (Å²) in [7, 11) is 1.64. The van der Waals surface area contributed by atoms with Crippen LogP contribution >= 0.6 is 11.3 Å². The molecule has 0 fully saturated rings. The standard InChI is InChI=1S/C14H19N3O2S/c1-8(2)19-11-7-5-6-10(12(11)18-4)13-9(3)16-14(17-15)20-13/h5-8H,15H2,1-4H3,(H,16,17). The third-order valence-corrected chi connectivity index (χ3v) is 3.83. The Bertz CT molecular complexity index is 596. The Hall–Kier alpha value is -1.79. The predicted molar refractivity (Wildman–Crippen MR) is 82.4 cm³/mol. The van der Waals surface area contributed by atoms with E-state index >= 15 is 0 Å². The highest BCUT2D eigenvalue weighted by molar-refractivity contribution is 7.19. The average Bonchev–Trinajstić information content (AvgIpc) is 2.79. The van der Waals surface area contributed by atoms with Crippen molar-refractivity contribution >= 4 is 16.5 Å². The van der Waals surface area contributed by atoms with Gasteiger partial charge in [0.1, 0.15) is 0 Å². The number of methoxy groups -OCH3 is 1. The van der Waals surface area contributed by atoms with Crippen LogP contribution in [-0.4, -0.2) is 18.2 Å². The molecule has 108 valence electrons. The minimum atomic E-state index is 0.0861. The van der Waals surface area contributed by atoms with Gasteiger partial charge in [-0.05, 0) is 32.9 Å². The molecule has 6 heteroatoms. The predicted octanol–water partition coefficient (Wildman–Crippen LogP) is 3.20. The van der Waals surface area contributed by atoms with Gasteiger partial charge in [0.15, 0.2) is 16.6 Å². The third kappa shape index (κ3) is 2.86. The van der Waals surface area contributed by atoms with Crippen molar-refractivity contribution in [3.63, 3.8) is 0 Å². The number of nitrogens with two attached hydrogens (primary N) is 1. The summed E-state index contributed by atoms with van der Waals surface area (Å²) in [5.41, 5.74) is 4.44. The van der Waals surface area contributed by atoms with Gasteiger partial charge in [0.2, 0.25) is 0 Å². The van der Waals surface area contributed by atoms with Crippen LogP contribution in [0.3, 0.4) is 0 Å². The minimum Gasteiger partial charge on any atom is -0.492 e. The number of benzene rings is 1. The molecule has 0 radical (unpaired) electrons. The lowest BCUT2D eigenvalue weighted by molar-refractivity contribution is 0.230. The number of ether oxygens (including phenoxy) is 2. The number of aryl methyl sites for hydroxylation is 1. The van der Waals surface area contributed by atoms with Crippen LogP contribution in [0.4, 0.5) is 5.13 Å². The molecule has 0 atom stereocenters. The molecule has 1 aromatic heterocycles. The van der Waals surface area contributed by atoms with Gasteiger partial charge in [-0.3, -0.25) is 5.43 Å². The van der Waals surface area contributed by atoms with E-state index in [1.54, 1.807) is 7.11 Å². The van der Waals surface area contributed by atoms with Gasteiger partial charge >= 0.3 is 0 Å². The van der Waals surface area contributed by atoms with Crippen LogP contribution in [0.1, 0.15) is 19.5 Å². The van der Waals surface area contributed by atoms with E-state index in [0.717, 1.165) is 27.6 Å². The Labute approximate surface area is 122 Å². The van der Waals surface area contributed by atoms with Crippen molar-refractivity contribution in [3.05, 3.63) is 23.9 Å². The Balaban J connectivity index is 2.52. The summed E-state index contributed by atoms with van der Waals surface area (Å²) in [4.78, 5) is 5.38. The van der Waals surface area contributed by atoms with Crippen LogP contribution in [-0.2, 0) is 0 Å². The van der Waals surface area contributed by atoms with Gasteiger partial charge in [-0.1, -0.05) is 17.4 Å². The second-order valence-corrected chi connectivity index (χ2v) is 5.58. The van der Waals surface area contributed by atoms with Gasteiger partial charge < -0.3 is 9.47 Å². The van der Waals surface area contributed by atoms with Crippen LogP contribution in [0.5, 0.6) is 11.5 Å². The molecule has 5 nitrogen and oxygen atoms in total. The van der Waals surface area contributed by atoms with Gasteiger partial charge in [0, 0.05) is 5.56 Å². The molecule has 2 aromatic rings. The SMILES string of the molecule is COc1c(OC(C)C)cccc1-c1sc(NN)nc1C. The number of nitrogens with zero attached hydrogens (tertiary/aromatic N) is 1. The molecule has 0 aliphatic rings. The monoisotopic (exact) mass is 293 g/mol. The maximum absolute atomic E-state index is 5.79. The lowest BCUT2D eigenvalue weighted by atomic mass is 10.1. The molecular weight excluding hydrogens is 274 g/mol. The molecule has 0 saturated heterocycles. The zero-order chi connectivity index (χ0) is 14.7. The van der Waals surface area contributed by atoms with Crippen molar-refractivity contribution < 1.29 is 9.47 Å². The molecule has 0 unspecified atom stereocenters. The van der Waals surface area contributed by atoms with Crippen LogP contribution in [0.15, 0.2) is 18.2 Å². The van der Waals surface area contributed by atoms with E-state index in [1.165, 1.54) is 11.3 Å². The fraction of sp³-hybridized carbons (Fsp3) is 0.357. The van der Waals surface area contributed by atoms with E-state index in [4.69, 9.17) is 15.3 Å². The van der Waals surface area contributed by atoms with Crippen LogP contribution in [0, 0.1) is 6.92 Å². The summed E-state index contributed by atoms with van der Waals surface area (Å²) >= 11 is 1.49. The van der Waals surface area contributed by atoms with Gasteiger partial charge in [0.05, 0.1) is 23.8 Å². The second-order valence-electron chi connectivity index (χ2n) is 4.58. The fourth-order valence-electron chi connectivity index (χ4n) is 1.96. The van der Waals surface area contributed by atoms with E-state index in [9.17, 15) is 0 Å². The smallest absolute Gasteiger partial charge is 0.197 e. The quantitative estimate of drug-likeness (QED) is 0.654. The van der Waals surface area contributed by atoms with Crippen molar-refractivity contribution in [1.29, 1.82) is 0 Å². The molecule has 0 aliphatic carbocycles. The summed E-state index contributed by atoms with van der Waals surface area (Å²) in [6, 6.07) is 5.85. The Morgan fingerprint density at radius 2 is 2.10 bits per heavy atom. The van der Waals surface area contributed by atoms with Crippen molar-refractivity contribution in [1.82, 2.24) is 4.98 Å². The number of hydrogen-bond acceptors (Lipinski definition) is 6. The van der Waals surface area contributed by atoms with Crippen molar-refractivity contribution in [2.45, 2.75) is 26.9 Å². The van der Waals surface area contributed by atoms with Crippen LogP contribution < -0.4 is 20.7 Å². The summed E-state index contributed by atoms with van der Waals surface area (Å²) in [5.74, 6) is 6.87. The number of anilines is 1. The summed E-state index contributed by atoms with van der Waals surface area (Å²) in [5, 5.41) is 0.676. The zero-order valence-electron chi connectivity index (χ0n) is 12.1. The van der Waals surface area contributed by atoms with E-state index in [0.29, 0.717) is 5.13 Å². The van der Waals surface area contributed by atoms with Gasteiger partial charge in [-0.15, -0.1) is 0 Å². The summed E-state index contributed by atoms with van der Waals surface area (Å²) < 4.78 is 11.3. The highest BCUT2D eigenvalue weighted by atomic mass is 32.1. The molecule has 3 N–H and O–H groups in total. The molecule has 0 amide bonds. The Morgan fingerprint density at radius 1 is 1.35 bits per heavy atom. The first kappa shape index (κ1) is 14.6. The van der Waals surface area contributed by atoms with E-state index in [1.807, 2.05) is 39.0 Å². The fourth-order valence-corrected chi connectivity index (χ4v) is 2.86. The van der Waals surface area contributed by atoms with Crippen LogP contribution in [0.25, 0.3) is 10.4 Å². The highest BCUT2D eigenvalue weighted by Gasteiger charge is 2.17. The molecule has 1 aromatic carbocycles. The molecule has 2 rings (SSSR count). The third-order valence-electron chi connectivity index (χ3n) is 2.71. The number of hydrogen-bond donors (Lipinski definition) is 2. The van der Waals surface area contributed by atoms with Gasteiger partial charge in [-0.25, -0.2) is 10.8 Å². The van der Waals surface area contributed by atoms with Gasteiger partial charge in [0.25, 0.3) is 0 Å². The topological polar surface area (TPSA) is 69.4 Å². The maximum Gasteiger partial charge on any atom is 0.197 e. The number of rotatable bonds is 5. The molecule has 0 spiro atoms. The van der Waals surface area contributed by atoms with Crippen molar-refractivity contribution in [2.75, 3.05) is 12.5 Å². The number of nitrogens with one attached hydrogen (secondary N) is 1. The first-order valence-corrected chi connectivity index (χ1v) is 7.16. The van der Waals surface area contributed by atoms with E-state index in [-0.39, 0.29) is 6.10 Å². The number of hydrazine groups is 1. The molecular formula is C14H19N3O2S. The largest absolute Gasteiger partial charge is 0.492 e. The first-order chi connectivity index (χ1) is 9.56. The van der Waals surface area contributed by atoms with Crippen molar-refractivity contribution in [3.8, 4) is 21.9 Å².